The summed E-state index contributed by atoms with van der Waals surface area (Å²) < 4.78 is 0. The van der Waals surface area contributed by atoms with Crippen molar-refractivity contribution in [3.05, 3.63) is 0 Å². The second-order valence-electron chi connectivity index (χ2n) is 5.39. The lowest BCUT2D eigenvalue weighted by atomic mass is 10.1. The molecule has 1 amide bonds. The maximum Gasteiger partial charge on any atom is 0.236 e. The van der Waals surface area contributed by atoms with E-state index in [-0.39, 0.29) is 11.4 Å². The first-order valence-electron chi connectivity index (χ1n) is 5.98. The lowest BCUT2D eigenvalue weighted by Gasteiger charge is -2.26. The lowest BCUT2D eigenvalue weighted by molar-refractivity contribution is -0.131. The molecule has 0 aromatic rings. The summed E-state index contributed by atoms with van der Waals surface area (Å²) in [6, 6.07) is 0.485. The number of hydrogen-bond acceptors (Lipinski definition) is 2. The van der Waals surface area contributed by atoms with Crippen LogP contribution in [0.2, 0.25) is 0 Å². The molecule has 0 aromatic carbocycles. The lowest BCUT2D eigenvalue weighted by Crippen LogP contribution is -2.46. The summed E-state index contributed by atoms with van der Waals surface area (Å²) in [5.41, 5.74) is 0.0249. The predicted octanol–water partition coefficient (Wildman–Crippen LogP) is 1.78. The van der Waals surface area contributed by atoms with E-state index in [0.29, 0.717) is 12.6 Å². The minimum absolute atomic E-state index is 0.0249. The highest BCUT2D eigenvalue weighted by atomic mass is 16.2. The summed E-state index contributed by atoms with van der Waals surface area (Å²) in [4.78, 5) is 14.0. The van der Waals surface area contributed by atoms with Crippen LogP contribution < -0.4 is 5.32 Å². The Bertz CT molecular complexity index is 220. The zero-order valence-electron chi connectivity index (χ0n) is 10.5. The van der Waals surface area contributed by atoms with Gasteiger partial charge in [-0.25, -0.2) is 0 Å². The van der Waals surface area contributed by atoms with Crippen LogP contribution in [0.5, 0.6) is 0 Å². The molecule has 1 aliphatic heterocycles. The predicted molar refractivity (Wildman–Crippen MR) is 62.8 cm³/mol. The molecule has 1 unspecified atom stereocenters. The average Bonchev–Trinajstić information content (AvgIpc) is 2.60. The maximum absolute atomic E-state index is 11.9. The Morgan fingerprint density at radius 1 is 1.47 bits per heavy atom. The Morgan fingerprint density at radius 3 is 2.67 bits per heavy atom. The Kier molecular flexibility index (Phi) is 4.14. The van der Waals surface area contributed by atoms with Gasteiger partial charge >= 0.3 is 0 Å². The van der Waals surface area contributed by atoms with Gasteiger partial charge < -0.3 is 10.2 Å². The second kappa shape index (κ2) is 4.97. The summed E-state index contributed by atoms with van der Waals surface area (Å²) >= 11 is 0. The van der Waals surface area contributed by atoms with Gasteiger partial charge in [-0.15, -0.1) is 0 Å². The molecular formula is C12H24N2O. The highest BCUT2D eigenvalue weighted by Crippen LogP contribution is 2.19. The molecule has 0 bridgehead atoms. The number of likely N-dealkylation sites (tertiary alicyclic amines) is 1. The standard InChI is InChI=1S/C12H24N2O/c1-5-10-7-6-8-14(10)11(15)9-13-12(2,3)4/h10,13H,5-9H2,1-4H3. The molecule has 3 heteroatoms. The van der Waals surface area contributed by atoms with Crippen molar-refractivity contribution in [3.8, 4) is 0 Å². The Balaban J connectivity index is 2.40. The van der Waals surface area contributed by atoms with Crippen molar-refractivity contribution in [1.82, 2.24) is 10.2 Å². The molecule has 1 heterocycles. The summed E-state index contributed by atoms with van der Waals surface area (Å²) in [6.45, 7) is 9.83. The molecule has 88 valence electrons. The zero-order valence-corrected chi connectivity index (χ0v) is 10.5. The third kappa shape index (κ3) is 3.82. The smallest absolute Gasteiger partial charge is 0.236 e. The van der Waals surface area contributed by atoms with Gasteiger partial charge in [0.2, 0.25) is 5.91 Å². The first-order valence-corrected chi connectivity index (χ1v) is 5.98. The van der Waals surface area contributed by atoms with Crippen LogP contribution >= 0.6 is 0 Å². The monoisotopic (exact) mass is 212 g/mol. The quantitative estimate of drug-likeness (QED) is 0.773. The van der Waals surface area contributed by atoms with E-state index < -0.39 is 0 Å². The topological polar surface area (TPSA) is 32.3 Å². The molecule has 0 radical (unpaired) electrons. The second-order valence-corrected chi connectivity index (χ2v) is 5.39. The van der Waals surface area contributed by atoms with Crippen molar-refractivity contribution in [3.63, 3.8) is 0 Å². The van der Waals surface area contributed by atoms with Gasteiger partial charge in [-0.05, 0) is 40.0 Å². The molecule has 0 aliphatic carbocycles. The number of carbonyl (C=O) groups excluding carboxylic acids is 1. The van der Waals surface area contributed by atoms with Crippen molar-refractivity contribution in [1.29, 1.82) is 0 Å². The van der Waals surface area contributed by atoms with Crippen molar-refractivity contribution < 1.29 is 4.79 Å². The highest BCUT2D eigenvalue weighted by molar-refractivity contribution is 5.79. The van der Waals surface area contributed by atoms with Gasteiger partial charge in [-0.1, -0.05) is 6.92 Å². The molecule has 1 saturated heterocycles. The Labute approximate surface area is 93.2 Å². The summed E-state index contributed by atoms with van der Waals surface area (Å²) in [5, 5.41) is 3.25. The number of amides is 1. The van der Waals surface area contributed by atoms with E-state index in [1.165, 1.54) is 12.8 Å². The van der Waals surface area contributed by atoms with E-state index in [0.717, 1.165) is 13.0 Å². The van der Waals surface area contributed by atoms with Crippen molar-refractivity contribution in [2.24, 2.45) is 0 Å². The van der Waals surface area contributed by atoms with Gasteiger partial charge in [0.25, 0.3) is 0 Å². The van der Waals surface area contributed by atoms with Gasteiger partial charge in [-0.3, -0.25) is 4.79 Å². The van der Waals surface area contributed by atoms with Gasteiger partial charge in [-0.2, -0.15) is 0 Å². The number of nitrogens with zero attached hydrogens (tertiary/aromatic N) is 1. The van der Waals surface area contributed by atoms with E-state index in [2.05, 4.69) is 33.0 Å². The van der Waals surface area contributed by atoms with Gasteiger partial charge in [0, 0.05) is 18.1 Å². The SMILES string of the molecule is CCC1CCCN1C(=O)CNC(C)(C)C. The molecule has 1 atom stereocenters. The van der Waals surface area contributed by atoms with Crippen LogP contribution in [0, 0.1) is 0 Å². The maximum atomic E-state index is 11.9. The normalized spacial score (nSPS) is 22.1. The molecule has 1 fully saturated rings. The largest absolute Gasteiger partial charge is 0.339 e. The minimum atomic E-state index is 0.0249. The Hall–Kier alpha value is -0.570. The van der Waals surface area contributed by atoms with Crippen LogP contribution in [0.3, 0.4) is 0 Å². The molecule has 3 nitrogen and oxygen atoms in total. The summed E-state index contributed by atoms with van der Waals surface area (Å²) in [6.07, 6.45) is 3.43. The van der Waals surface area contributed by atoms with E-state index in [9.17, 15) is 4.79 Å². The van der Waals surface area contributed by atoms with Gasteiger partial charge in [0.05, 0.1) is 6.54 Å². The van der Waals surface area contributed by atoms with E-state index in [4.69, 9.17) is 0 Å². The zero-order chi connectivity index (χ0) is 11.5. The number of carbonyl (C=O) groups is 1. The first-order chi connectivity index (χ1) is 6.94. The third-order valence-electron chi connectivity index (χ3n) is 2.94. The molecule has 0 aromatic heterocycles. The Morgan fingerprint density at radius 2 is 2.13 bits per heavy atom. The van der Waals surface area contributed by atoms with E-state index in [1.54, 1.807) is 0 Å². The molecule has 0 spiro atoms. The third-order valence-corrected chi connectivity index (χ3v) is 2.94. The molecule has 1 aliphatic rings. The molecule has 15 heavy (non-hydrogen) atoms. The number of hydrogen-bond donors (Lipinski definition) is 1. The van der Waals surface area contributed by atoms with Crippen LogP contribution in [-0.2, 0) is 4.79 Å². The van der Waals surface area contributed by atoms with Gasteiger partial charge in [0.1, 0.15) is 0 Å². The first kappa shape index (κ1) is 12.5. The molecule has 1 N–H and O–H groups in total. The average molecular weight is 212 g/mol. The fourth-order valence-corrected chi connectivity index (χ4v) is 2.03. The molecule has 0 saturated carbocycles. The number of rotatable bonds is 3. The van der Waals surface area contributed by atoms with Crippen LogP contribution in [0.4, 0.5) is 0 Å². The fourth-order valence-electron chi connectivity index (χ4n) is 2.03. The molecular weight excluding hydrogens is 188 g/mol. The molecule has 1 rings (SSSR count). The minimum Gasteiger partial charge on any atom is -0.339 e. The van der Waals surface area contributed by atoms with Crippen LogP contribution in [0.1, 0.15) is 47.0 Å². The van der Waals surface area contributed by atoms with Crippen LogP contribution in [0.25, 0.3) is 0 Å². The highest BCUT2D eigenvalue weighted by Gasteiger charge is 2.27. The van der Waals surface area contributed by atoms with Gasteiger partial charge in [0.15, 0.2) is 0 Å². The van der Waals surface area contributed by atoms with Crippen molar-refractivity contribution in [2.45, 2.75) is 58.5 Å². The van der Waals surface area contributed by atoms with E-state index in [1.807, 2.05) is 4.90 Å². The van der Waals surface area contributed by atoms with Crippen LogP contribution in [-0.4, -0.2) is 35.5 Å². The van der Waals surface area contributed by atoms with Crippen molar-refractivity contribution >= 4 is 5.91 Å². The van der Waals surface area contributed by atoms with Crippen molar-refractivity contribution in [2.75, 3.05) is 13.1 Å². The summed E-state index contributed by atoms with van der Waals surface area (Å²) in [5.74, 6) is 0.259. The number of nitrogens with one attached hydrogen (secondary N) is 1. The fraction of sp³-hybridized carbons (Fsp3) is 0.917. The van der Waals surface area contributed by atoms with Crippen LogP contribution in [0.15, 0.2) is 0 Å². The summed E-state index contributed by atoms with van der Waals surface area (Å²) in [7, 11) is 0. The van der Waals surface area contributed by atoms with E-state index >= 15 is 0 Å².